The largest absolute Gasteiger partial charge is 0.454 e. The van der Waals surface area contributed by atoms with Gasteiger partial charge in [-0.15, -0.1) is 0 Å². The smallest absolute Gasteiger partial charge is 0.244 e. The maximum atomic E-state index is 12.3. The highest BCUT2D eigenvalue weighted by Gasteiger charge is 2.14. The van der Waals surface area contributed by atoms with Crippen LogP contribution in [0.5, 0.6) is 0 Å². The molecule has 4 rings (SSSR count). The Bertz CT molecular complexity index is 1200. The van der Waals surface area contributed by atoms with Gasteiger partial charge in [-0.25, -0.2) is 0 Å². The minimum absolute atomic E-state index is 0.195. The Morgan fingerprint density at radius 2 is 1.97 bits per heavy atom. The molecular formula is C24H20N4O2. The molecule has 0 radical (unpaired) electrons. The third-order valence-electron chi connectivity index (χ3n) is 4.63. The van der Waals surface area contributed by atoms with Crippen LogP contribution < -0.4 is 5.32 Å². The number of amides is 1. The van der Waals surface area contributed by atoms with Crippen molar-refractivity contribution in [3.63, 3.8) is 0 Å². The highest BCUT2D eigenvalue weighted by atomic mass is 16.3. The highest BCUT2D eigenvalue weighted by Crippen LogP contribution is 2.29. The normalized spacial score (nSPS) is 11.0. The molecule has 0 fully saturated rings. The maximum Gasteiger partial charge on any atom is 0.244 e. The van der Waals surface area contributed by atoms with Crippen LogP contribution in [-0.4, -0.2) is 15.7 Å². The number of nitrogens with zero attached hydrogens (tertiary/aromatic N) is 3. The summed E-state index contributed by atoms with van der Waals surface area (Å²) in [6.45, 7) is 0.930. The van der Waals surface area contributed by atoms with Gasteiger partial charge in [0.15, 0.2) is 5.76 Å². The molecule has 6 nitrogen and oxygen atoms in total. The first-order valence-electron chi connectivity index (χ1n) is 9.66. The second kappa shape index (κ2) is 8.93. The lowest BCUT2D eigenvalue weighted by atomic mass is 10.1. The van der Waals surface area contributed by atoms with Crippen LogP contribution >= 0.6 is 0 Å². The molecule has 0 bridgehead atoms. The first-order valence-corrected chi connectivity index (χ1v) is 9.66. The van der Waals surface area contributed by atoms with Gasteiger partial charge in [-0.1, -0.05) is 48.5 Å². The molecule has 1 N–H and O–H groups in total. The minimum Gasteiger partial charge on any atom is -0.454 e. The van der Waals surface area contributed by atoms with Gasteiger partial charge in [0.05, 0.1) is 19.0 Å². The zero-order valence-electron chi connectivity index (χ0n) is 16.3. The Labute approximate surface area is 174 Å². The van der Waals surface area contributed by atoms with Gasteiger partial charge < -0.3 is 9.73 Å². The summed E-state index contributed by atoms with van der Waals surface area (Å²) in [7, 11) is 0. The lowest BCUT2D eigenvalue weighted by molar-refractivity contribution is -0.116. The van der Waals surface area contributed by atoms with Crippen LogP contribution in [0.1, 0.15) is 17.5 Å². The molecule has 4 aromatic rings. The number of aromatic nitrogens is 2. The molecule has 148 valence electrons. The number of carbonyl (C=O) groups is 1. The Kier molecular flexibility index (Phi) is 5.72. The van der Waals surface area contributed by atoms with E-state index < -0.39 is 0 Å². The van der Waals surface area contributed by atoms with Crippen molar-refractivity contribution in [2.75, 3.05) is 0 Å². The van der Waals surface area contributed by atoms with Crippen molar-refractivity contribution in [3.8, 4) is 17.5 Å². The summed E-state index contributed by atoms with van der Waals surface area (Å²) in [6.07, 6.45) is 5.38. The molecule has 0 aliphatic heterocycles. The molecule has 0 aliphatic carbocycles. The average Bonchev–Trinajstić information content (AvgIpc) is 3.39. The second-order valence-corrected chi connectivity index (χ2v) is 6.79. The number of carbonyl (C=O) groups excluding carboxylic acids is 1. The zero-order chi connectivity index (χ0) is 20.8. The number of hydrogen-bond donors (Lipinski definition) is 1. The van der Waals surface area contributed by atoms with E-state index in [0.717, 1.165) is 22.1 Å². The van der Waals surface area contributed by atoms with E-state index >= 15 is 0 Å². The summed E-state index contributed by atoms with van der Waals surface area (Å²) < 4.78 is 7.65. The molecule has 0 spiro atoms. The van der Waals surface area contributed by atoms with Crippen molar-refractivity contribution >= 4 is 23.0 Å². The fourth-order valence-electron chi connectivity index (χ4n) is 3.14. The van der Waals surface area contributed by atoms with E-state index in [-0.39, 0.29) is 5.91 Å². The Hall–Kier alpha value is -4.11. The second-order valence-electron chi connectivity index (χ2n) is 6.79. The molecular weight excluding hydrogens is 376 g/mol. The molecule has 0 saturated carbocycles. The van der Waals surface area contributed by atoms with Gasteiger partial charge in [-0.2, -0.15) is 10.4 Å². The fraction of sp³-hybridized carbons (Fsp3) is 0.125. The SMILES string of the molecule is N#CCCn1cc(/C=C/C(=O)NCc2ccccc2)c(-c2cc3ccccc3o2)n1. The minimum atomic E-state index is -0.195. The van der Waals surface area contributed by atoms with Gasteiger partial charge in [0, 0.05) is 29.8 Å². The Balaban J connectivity index is 1.56. The van der Waals surface area contributed by atoms with Crippen LogP contribution in [0.25, 0.3) is 28.5 Å². The standard InChI is InChI=1S/C24H20N4O2/c25-13-6-14-28-17-20(11-12-23(29)26-16-18-7-2-1-3-8-18)24(27-28)22-15-19-9-4-5-10-21(19)30-22/h1-5,7-12,15,17H,6,14,16H2,(H,26,29)/b12-11+. The number of nitriles is 1. The number of nitrogens with one attached hydrogen (secondary N) is 1. The van der Waals surface area contributed by atoms with E-state index in [1.54, 1.807) is 10.8 Å². The van der Waals surface area contributed by atoms with Gasteiger partial charge in [0.1, 0.15) is 11.3 Å². The molecule has 2 heterocycles. The number of fused-ring (bicyclic) bond motifs is 1. The van der Waals surface area contributed by atoms with E-state index in [0.29, 0.717) is 31.0 Å². The summed E-state index contributed by atoms with van der Waals surface area (Å²) in [6, 6.07) is 21.5. The Morgan fingerprint density at radius 3 is 2.77 bits per heavy atom. The predicted octanol–water partition coefficient (Wildman–Crippen LogP) is 4.54. The van der Waals surface area contributed by atoms with Crippen LogP contribution in [0.2, 0.25) is 0 Å². The highest BCUT2D eigenvalue weighted by molar-refractivity contribution is 5.93. The molecule has 6 heteroatoms. The van der Waals surface area contributed by atoms with E-state index in [9.17, 15) is 4.79 Å². The molecule has 0 saturated heterocycles. The number of para-hydroxylation sites is 1. The summed E-state index contributed by atoms with van der Waals surface area (Å²) in [5.74, 6) is 0.426. The van der Waals surface area contributed by atoms with E-state index in [4.69, 9.17) is 9.68 Å². The molecule has 2 aromatic heterocycles. The van der Waals surface area contributed by atoms with Crippen molar-refractivity contribution < 1.29 is 9.21 Å². The molecule has 2 aromatic carbocycles. The Morgan fingerprint density at radius 1 is 1.17 bits per heavy atom. The van der Waals surface area contributed by atoms with Crippen molar-refractivity contribution in [3.05, 3.63) is 84.1 Å². The van der Waals surface area contributed by atoms with Gasteiger partial charge in [-0.05, 0) is 23.8 Å². The van der Waals surface area contributed by atoms with Gasteiger partial charge >= 0.3 is 0 Å². The summed E-state index contributed by atoms with van der Waals surface area (Å²) >= 11 is 0. The molecule has 0 unspecified atom stereocenters. The zero-order valence-corrected chi connectivity index (χ0v) is 16.3. The van der Waals surface area contributed by atoms with Crippen molar-refractivity contribution in [2.24, 2.45) is 0 Å². The van der Waals surface area contributed by atoms with Crippen molar-refractivity contribution in [1.29, 1.82) is 5.26 Å². The van der Waals surface area contributed by atoms with E-state index in [2.05, 4.69) is 16.5 Å². The summed E-state index contributed by atoms with van der Waals surface area (Å²) in [5.41, 5.74) is 3.19. The monoisotopic (exact) mass is 396 g/mol. The van der Waals surface area contributed by atoms with Crippen molar-refractivity contribution in [1.82, 2.24) is 15.1 Å². The topological polar surface area (TPSA) is 83.9 Å². The van der Waals surface area contributed by atoms with Crippen LogP contribution in [0.15, 0.2) is 77.4 Å². The fourth-order valence-corrected chi connectivity index (χ4v) is 3.14. The van der Waals surface area contributed by atoms with Crippen LogP contribution in [-0.2, 0) is 17.9 Å². The molecule has 30 heavy (non-hydrogen) atoms. The van der Waals surface area contributed by atoms with Gasteiger partial charge in [0.2, 0.25) is 5.91 Å². The van der Waals surface area contributed by atoms with Gasteiger partial charge in [-0.3, -0.25) is 9.48 Å². The lowest BCUT2D eigenvalue weighted by Crippen LogP contribution is -2.20. The number of rotatable bonds is 7. The van der Waals surface area contributed by atoms with Crippen LogP contribution in [0.4, 0.5) is 0 Å². The van der Waals surface area contributed by atoms with Crippen LogP contribution in [0, 0.1) is 11.3 Å². The third kappa shape index (κ3) is 4.47. The first-order chi connectivity index (χ1) is 14.7. The predicted molar refractivity (Wildman–Crippen MR) is 115 cm³/mol. The number of benzene rings is 2. The number of hydrogen-bond acceptors (Lipinski definition) is 4. The van der Waals surface area contributed by atoms with E-state index in [1.165, 1.54) is 6.08 Å². The van der Waals surface area contributed by atoms with Gasteiger partial charge in [0.25, 0.3) is 0 Å². The van der Waals surface area contributed by atoms with E-state index in [1.807, 2.05) is 66.9 Å². The van der Waals surface area contributed by atoms with Crippen LogP contribution in [0.3, 0.4) is 0 Å². The maximum absolute atomic E-state index is 12.3. The number of aryl methyl sites for hydroxylation is 1. The summed E-state index contributed by atoms with van der Waals surface area (Å²) in [5, 5.41) is 17.3. The molecule has 1 amide bonds. The number of furan rings is 1. The van der Waals surface area contributed by atoms with Crippen molar-refractivity contribution in [2.45, 2.75) is 19.5 Å². The average molecular weight is 396 g/mol. The lowest BCUT2D eigenvalue weighted by Gasteiger charge is -2.01. The first kappa shape index (κ1) is 19.2. The third-order valence-corrected chi connectivity index (χ3v) is 4.63. The molecule has 0 aliphatic rings. The summed E-state index contributed by atoms with van der Waals surface area (Å²) in [4.78, 5) is 12.3. The quantitative estimate of drug-likeness (QED) is 0.465. The molecule has 0 atom stereocenters.